The number of halogens is 6. The van der Waals surface area contributed by atoms with Crippen molar-refractivity contribution in [3.63, 3.8) is 0 Å². The smallest absolute Gasteiger partial charge is 0.416 e. The number of nitrogens with one attached hydrogen (secondary N) is 4. The summed E-state index contributed by atoms with van der Waals surface area (Å²) >= 11 is 3.03. The van der Waals surface area contributed by atoms with E-state index >= 15 is 0 Å². The third kappa shape index (κ3) is 23.7. The summed E-state index contributed by atoms with van der Waals surface area (Å²) in [5.41, 5.74) is 4.09. The van der Waals surface area contributed by atoms with Crippen molar-refractivity contribution in [2.45, 2.75) is 116 Å². The molecule has 0 aliphatic carbocycles. The molecular weight excluding hydrogens is 1290 g/mol. The number of pyridine rings is 2. The number of carboxylic acid groups (broad SMARTS) is 1. The van der Waals surface area contributed by atoms with E-state index in [1.807, 2.05) is 60.6 Å². The lowest BCUT2D eigenvalue weighted by molar-refractivity contribution is -0.154. The molecule has 0 bridgehead atoms. The van der Waals surface area contributed by atoms with Crippen LogP contribution in [0.1, 0.15) is 136 Å². The van der Waals surface area contributed by atoms with Crippen LogP contribution in [0.2, 0.25) is 0 Å². The molecule has 8 rings (SSSR count). The molecule has 16 nitrogen and oxygen atoms in total. The van der Waals surface area contributed by atoms with Crippen molar-refractivity contribution < 1.29 is 74.4 Å². The van der Waals surface area contributed by atoms with E-state index in [4.69, 9.17) is 19.3 Å². The van der Waals surface area contributed by atoms with Gasteiger partial charge in [0.25, 0.3) is 23.6 Å². The molecule has 8 aromatic rings. The number of hydrogen-bond donors (Lipinski definition) is 5. The van der Waals surface area contributed by atoms with E-state index in [1.54, 1.807) is 90.6 Å². The number of carboxylic acids is 1. The number of esters is 1. The summed E-state index contributed by atoms with van der Waals surface area (Å²) in [5, 5.41) is 20.0. The van der Waals surface area contributed by atoms with Crippen LogP contribution in [-0.2, 0) is 51.3 Å². The average Bonchev–Trinajstić information content (AvgIpc) is 0.852. The predicted molar refractivity (Wildman–Crippen MR) is 360 cm³/mol. The number of thioether (sulfide) groups is 2. The quantitative estimate of drug-likeness (QED) is 0.0193. The molecule has 0 unspecified atom stereocenters. The molecule has 0 saturated carbocycles. The summed E-state index contributed by atoms with van der Waals surface area (Å²) in [4.78, 5) is 84.6. The van der Waals surface area contributed by atoms with Crippen LogP contribution in [0.25, 0.3) is 22.5 Å². The molecule has 24 heteroatoms. The topological polar surface area (TPSA) is 224 Å². The standard InChI is InChI=1S/C38H40F3N3O5S.C34H32F3N3O5S/c1-24(2)48-30-12-13-32(44-36(47)27-10-6-9-26(18-27)23-50-17-15-34(45)49-37(3,4)5)31(21-30)33-20-28(14-16-42-33)35(46)43-22-25-8-7-11-29(19-25)38(39,40)41;1-21(2)45-27-9-10-29(40-33(44)24-7-3-6-23(15-24)20-46-14-12-31(41)42)28(18-27)30-17-25(11-13-38-30)32(43)39-19-22-5-4-8-26(16-22)34(35,36)37/h6-14,16,18-21,24H,15,17,22-23H2,1-5H3,(H,43,46)(H,44,47);3-11,13,15-18,21H,12,14,19-20H2,1-2H3,(H,39,43)(H,40,44)(H,41,42). The van der Waals surface area contributed by atoms with Crippen molar-refractivity contribution in [1.82, 2.24) is 20.6 Å². The Bertz CT molecular complexity index is 4050. The number of alkyl halides is 6. The van der Waals surface area contributed by atoms with Gasteiger partial charge in [0.1, 0.15) is 17.1 Å². The Morgan fingerprint density at radius 3 is 1.27 bits per heavy atom. The van der Waals surface area contributed by atoms with Crippen molar-refractivity contribution in [2.24, 2.45) is 0 Å². The van der Waals surface area contributed by atoms with Crippen molar-refractivity contribution in [3.8, 4) is 34.0 Å². The summed E-state index contributed by atoms with van der Waals surface area (Å²) in [6.07, 6.45) is -6.04. The molecule has 4 amide bonds. The molecule has 6 aromatic carbocycles. The fourth-order valence-electron chi connectivity index (χ4n) is 9.18. The molecule has 504 valence electrons. The van der Waals surface area contributed by atoms with E-state index in [0.29, 0.717) is 90.7 Å². The van der Waals surface area contributed by atoms with Gasteiger partial charge in [-0.15, -0.1) is 0 Å². The number of carbonyl (C=O) groups excluding carboxylic acids is 5. The van der Waals surface area contributed by atoms with Gasteiger partial charge in [0.2, 0.25) is 0 Å². The van der Waals surface area contributed by atoms with E-state index in [0.717, 1.165) is 35.4 Å². The Balaban J connectivity index is 0.000000272. The number of amides is 4. The van der Waals surface area contributed by atoms with E-state index < -0.39 is 46.9 Å². The number of carbonyl (C=O) groups is 6. The van der Waals surface area contributed by atoms with E-state index in [2.05, 4.69) is 31.2 Å². The number of nitrogens with zero attached hydrogens (tertiary/aromatic N) is 2. The molecule has 2 heterocycles. The first-order chi connectivity index (χ1) is 45.5. The second-order valence-electron chi connectivity index (χ2n) is 23.3. The Morgan fingerprint density at radius 2 is 0.875 bits per heavy atom. The zero-order valence-electron chi connectivity index (χ0n) is 53.6. The van der Waals surface area contributed by atoms with Gasteiger partial charge < -0.3 is 40.6 Å². The summed E-state index contributed by atoms with van der Waals surface area (Å²) in [6, 6.07) is 40.0. The van der Waals surface area contributed by atoms with E-state index in [1.165, 1.54) is 66.6 Å². The molecule has 0 fully saturated rings. The molecule has 0 saturated heterocycles. The Labute approximate surface area is 560 Å². The summed E-state index contributed by atoms with van der Waals surface area (Å²) in [5.74, 6) is 0.341. The normalized spacial score (nSPS) is 11.4. The molecule has 5 N–H and O–H groups in total. The van der Waals surface area contributed by atoms with Crippen LogP contribution in [-0.4, -0.2) is 80.0 Å². The third-order valence-corrected chi connectivity index (χ3v) is 15.5. The van der Waals surface area contributed by atoms with Crippen molar-refractivity contribution in [2.75, 3.05) is 22.1 Å². The van der Waals surface area contributed by atoms with Crippen LogP contribution in [0.15, 0.2) is 170 Å². The number of anilines is 2. The summed E-state index contributed by atoms with van der Waals surface area (Å²) < 4.78 is 95.8. The number of aliphatic carboxylic acids is 1. The number of ether oxygens (including phenoxy) is 3. The molecule has 0 atom stereocenters. The monoisotopic (exact) mass is 1360 g/mol. The summed E-state index contributed by atoms with van der Waals surface area (Å²) in [6.45, 7) is 12.8. The van der Waals surface area contributed by atoms with E-state index in [9.17, 15) is 55.1 Å². The van der Waals surface area contributed by atoms with Gasteiger partial charge in [-0.1, -0.05) is 48.5 Å². The maximum absolute atomic E-state index is 13.5. The van der Waals surface area contributed by atoms with Crippen LogP contribution in [0, 0.1) is 0 Å². The highest BCUT2D eigenvalue weighted by Gasteiger charge is 2.31. The highest BCUT2D eigenvalue weighted by Crippen LogP contribution is 2.36. The highest BCUT2D eigenvalue weighted by molar-refractivity contribution is 7.98. The minimum Gasteiger partial charge on any atom is -0.491 e. The largest absolute Gasteiger partial charge is 0.491 e. The lowest BCUT2D eigenvalue weighted by atomic mass is 10.0. The first-order valence-electron chi connectivity index (χ1n) is 30.3. The van der Waals surface area contributed by atoms with Crippen LogP contribution in [0.3, 0.4) is 0 Å². The van der Waals surface area contributed by atoms with Gasteiger partial charge >= 0.3 is 24.3 Å². The minimum absolute atomic E-state index is 0.0524. The molecule has 96 heavy (non-hydrogen) atoms. The number of benzene rings is 6. The first-order valence-corrected chi connectivity index (χ1v) is 32.6. The van der Waals surface area contributed by atoms with Crippen LogP contribution >= 0.6 is 23.5 Å². The minimum atomic E-state index is -4.49. The molecule has 2 aromatic heterocycles. The first kappa shape index (κ1) is 73.7. The van der Waals surface area contributed by atoms with Crippen molar-refractivity contribution >= 4 is 70.5 Å². The number of rotatable bonds is 26. The second kappa shape index (κ2) is 34.1. The van der Waals surface area contributed by atoms with Gasteiger partial charge in [0.15, 0.2) is 0 Å². The SMILES string of the molecule is CC(C)Oc1ccc(NC(=O)c2cccc(CSCCC(=O)O)c2)c(-c2cc(C(=O)NCc3cccc(C(F)(F)F)c3)ccn2)c1.CC(C)Oc1ccc(NC(=O)c2cccc(CSCCC(=O)OC(C)(C)C)c2)c(-c2cc(C(=O)NCc3cccc(C(F)(F)F)c3)ccn2)c1. The predicted octanol–water partition coefficient (Wildman–Crippen LogP) is 16.1. The van der Waals surface area contributed by atoms with Crippen LogP contribution < -0.4 is 30.7 Å². The van der Waals surface area contributed by atoms with Gasteiger partial charge in [-0.2, -0.15) is 49.9 Å². The average molecular weight is 1360 g/mol. The highest BCUT2D eigenvalue weighted by atomic mass is 32.2. The maximum Gasteiger partial charge on any atom is 0.416 e. The van der Waals surface area contributed by atoms with Crippen molar-refractivity contribution in [1.29, 1.82) is 0 Å². The van der Waals surface area contributed by atoms with Crippen LogP contribution in [0.4, 0.5) is 37.7 Å². The maximum atomic E-state index is 13.5. The second-order valence-corrected chi connectivity index (χ2v) is 25.5. The molecule has 0 aliphatic rings. The zero-order chi connectivity index (χ0) is 69.7. The molecule has 0 aliphatic heterocycles. The fourth-order valence-corrected chi connectivity index (χ4v) is 10.9. The summed E-state index contributed by atoms with van der Waals surface area (Å²) in [7, 11) is 0. The molecular formula is C72H72F6N6O10S2. The number of hydrogen-bond acceptors (Lipinski definition) is 13. The Morgan fingerprint density at radius 1 is 0.479 bits per heavy atom. The van der Waals surface area contributed by atoms with Crippen molar-refractivity contribution in [3.05, 3.63) is 226 Å². The third-order valence-electron chi connectivity index (χ3n) is 13.5. The van der Waals surface area contributed by atoms with Gasteiger partial charge in [0, 0.05) is 81.9 Å². The van der Waals surface area contributed by atoms with Gasteiger partial charge in [-0.25, -0.2) is 0 Å². The van der Waals surface area contributed by atoms with Gasteiger partial charge in [-0.3, -0.25) is 38.7 Å². The van der Waals surface area contributed by atoms with Gasteiger partial charge in [-0.05, 0) is 180 Å². The van der Waals surface area contributed by atoms with Crippen LogP contribution in [0.5, 0.6) is 11.5 Å². The zero-order valence-corrected chi connectivity index (χ0v) is 55.2. The molecule has 0 radical (unpaired) electrons. The lowest BCUT2D eigenvalue weighted by Gasteiger charge is -2.19. The fraction of sp³-hybridized carbons (Fsp3) is 0.278. The number of aromatic nitrogens is 2. The van der Waals surface area contributed by atoms with E-state index in [-0.39, 0.29) is 67.0 Å². The Hall–Kier alpha value is -9.68. The Kier molecular flexibility index (Phi) is 26.2. The lowest BCUT2D eigenvalue weighted by Crippen LogP contribution is -2.24. The van der Waals surface area contributed by atoms with Gasteiger partial charge in [0.05, 0.1) is 58.9 Å². The molecule has 0 spiro atoms.